The predicted molar refractivity (Wildman–Crippen MR) is 199 cm³/mol. The van der Waals surface area contributed by atoms with E-state index in [-0.39, 0.29) is 23.4 Å². The number of fused-ring (bicyclic) bond motifs is 1. The molecule has 2 aromatic heterocycles. The van der Waals surface area contributed by atoms with E-state index in [0.29, 0.717) is 29.7 Å². The zero-order valence-corrected chi connectivity index (χ0v) is 30.9. The number of amides is 2. The Balaban J connectivity index is 1.05. The van der Waals surface area contributed by atoms with Gasteiger partial charge in [-0.1, -0.05) is 48.0 Å². The maximum Gasteiger partial charge on any atom is 0.237 e. The first-order valence-corrected chi connectivity index (χ1v) is 18.4. The van der Waals surface area contributed by atoms with Crippen LogP contribution < -0.4 is 14.8 Å². The molecular formula is C40H44ClN7O4. The lowest BCUT2D eigenvalue weighted by atomic mass is 9.88. The van der Waals surface area contributed by atoms with Crippen molar-refractivity contribution in [2.75, 3.05) is 53.5 Å². The van der Waals surface area contributed by atoms with E-state index in [1.807, 2.05) is 41.4 Å². The van der Waals surface area contributed by atoms with Crippen molar-refractivity contribution >= 4 is 23.4 Å². The summed E-state index contributed by atoms with van der Waals surface area (Å²) in [5, 5.41) is 3.76. The van der Waals surface area contributed by atoms with E-state index in [2.05, 4.69) is 34.2 Å². The molecule has 0 bridgehead atoms. The third-order valence-corrected chi connectivity index (χ3v) is 11.8. The highest BCUT2D eigenvalue weighted by molar-refractivity contribution is 6.36. The lowest BCUT2D eigenvalue weighted by molar-refractivity contribution is -0.131. The van der Waals surface area contributed by atoms with E-state index in [1.165, 1.54) is 5.56 Å². The summed E-state index contributed by atoms with van der Waals surface area (Å²) in [5.74, 6) is 1.40. The predicted octanol–water partition coefficient (Wildman–Crippen LogP) is 5.47. The first-order chi connectivity index (χ1) is 25.2. The Morgan fingerprint density at radius 2 is 1.63 bits per heavy atom. The number of benzene rings is 2. The van der Waals surface area contributed by atoms with E-state index in [4.69, 9.17) is 36.0 Å². The largest absolute Gasteiger partial charge is 0.481 e. The monoisotopic (exact) mass is 721 g/mol. The fourth-order valence-electron chi connectivity index (χ4n) is 8.67. The standard InChI is InChI=1S/C40H44ClN7O4/c1-24-27(7-5-8-28(24)32-20-42-33(38(44-32)51-3)21-46-22-40(23-46)14-13-35(50)45-40)29-9-6-10-30(37(29)41)31-19-26-11-12-34(36(26)39(43-31)52-4)48-17-15-47(16-18-48)25(2)49/h5-10,19-20,34H,11-18,21-23H2,1-4H3,(H,45,50). The Labute approximate surface area is 309 Å². The number of carbonyl (C=O) groups excluding carboxylic acids is 2. The number of ether oxygens (including phenoxy) is 2. The molecular weight excluding hydrogens is 678 g/mol. The maximum absolute atomic E-state index is 11.9. The molecule has 2 aromatic carbocycles. The molecule has 2 amide bonds. The molecule has 8 rings (SSSR count). The van der Waals surface area contributed by atoms with Crippen LogP contribution >= 0.6 is 11.6 Å². The van der Waals surface area contributed by atoms with Crippen molar-refractivity contribution in [2.24, 2.45) is 0 Å². The van der Waals surface area contributed by atoms with Crippen LogP contribution in [0, 0.1) is 6.92 Å². The summed E-state index contributed by atoms with van der Waals surface area (Å²) >= 11 is 7.28. The van der Waals surface area contributed by atoms with Crippen molar-refractivity contribution in [3.63, 3.8) is 0 Å². The van der Waals surface area contributed by atoms with Crippen molar-refractivity contribution in [3.05, 3.63) is 76.1 Å². The number of hydrogen-bond acceptors (Lipinski definition) is 9. The molecule has 1 spiro atoms. The minimum atomic E-state index is -0.0891. The zero-order chi connectivity index (χ0) is 36.1. The summed E-state index contributed by atoms with van der Waals surface area (Å²) in [7, 11) is 3.31. The van der Waals surface area contributed by atoms with Gasteiger partial charge in [0.2, 0.25) is 23.6 Å². The van der Waals surface area contributed by atoms with Crippen molar-refractivity contribution in [1.29, 1.82) is 0 Å². The van der Waals surface area contributed by atoms with E-state index >= 15 is 0 Å². The Morgan fingerprint density at radius 3 is 2.33 bits per heavy atom. The van der Waals surface area contributed by atoms with Crippen LogP contribution in [0.3, 0.4) is 0 Å². The van der Waals surface area contributed by atoms with Crippen LogP contribution in [0.1, 0.15) is 54.6 Å². The van der Waals surface area contributed by atoms with Crippen LogP contribution in [0.15, 0.2) is 48.7 Å². The Morgan fingerprint density at radius 1 is 0.942 bits per heavy atom. The Bertz CT molecular complexity index is 2060. The number of hydrogen-bond donors (Lipinski definition) is 1. The summed E-state index contributed by atoms with van der Waals surface area (Å²) in [4.78, 5) is 45.1. The molecule has 1 unspecified atom stereocenters. The average molecular weight is 722 g/mol. The highest BCUT2D eigenvalue weighted by Crippen LogP contribution is 2.45. The van der Waals surface area contributed by atoms with Gasteiger partial charge in [-0.05, 0) is 48.9 Å². The van der Waals surface area contributed by atoms with Crippen LogP contribution in [-0.4, -0.2) is 100 Å². The number of methoxy groups -OCH3 is 2. The fourth-order valence-corrected chi connectivity index (χ4v) is 9.00. The lowest BCUT2D eigenvalue weighted by Crippen LogP contribution is -2.66. The second-order valence-corrected chi connectivity index (χ2v) is 14.9. The van der Waals surface area contributed by atoms with Crippen molar-refractivity contribution < 1.29 is 19.1 Å². The smallest absolute Gasteiger partial charge is 0.237 e. The molecule has 270 valence electrons. The highest BCUT2D eigenvalue weighted by Gasteiger charge is 2.47. The topological polar surface area (TPSA) is 113 Å². The molecule has 3 saturated heterocycles. The molecule has 0 radical (unpaired) electrons. The summed E-state index contributed by atoms with van der Waals surface area (Å²) < 4.78 is 11.7. The van der Waals surface area contributed by atoms with Gasteiger partial charge in [-0.25, -0.2) is 9.97 Å². The molecule has 0 saturated carbocycles. The summed E-state index contributed by atoms with van der Waals surface area (Å²) in [6.45, 7) is 9.10. The third kappa shape index (κ3) is 6.18. The van der Waals surface area contributed by atoms with Crippen LogP contribution in [0.5, 0.6) is 11.8 Å². The van der Waals surface area contributed by atoms with Gasteiger partial charge < -0.3 is 19.7 Å². The molecule has 4 aromatic rings. The first-order valence-electron chi connectivity index (χ1n) is 18.1. The molecule has 1 aliphatic carbocycles. The number of aromatic nitrogens is 3. The molecule has 4 aliphatic rings. The van der Waals surface area contributed by atoms with Gasteiger partial charge >= 0.3 is 0 Å². The number of pyridine rings is 1. The quantitative estimate of drug-likeness (QED) is 0.253. The van der Waals surface area contributed by atoms with Gasteiger partial charge in [0.25, 0.3) is 0 Å². The molecule has 3 fully saturated rings. The third-order valence-electron chi connectivity index (χ3n) is 11.4. The Hall–Kier alpha value is -4.58. The number of nitrogens with zero attached hydrogens (tertiary/aromatic N) is 6. The lowest BCUT2D eigenvalue weighted by Gasteiger charge is -2.47. The number of halogens is 1. The first kappa shape index (κ1) is 34.5. The molecule has 5 heterocycles. The number of likely N-dealkylation sites (tertiary alicyclic amines) is 1. The van der Waals surface area contributed by atoms with Crippen LogP contribution in [0.2, 0.25) is 5.02 Å². The van der Waals surface area contributed by atoms with Gasteiger partial charge in [-0.3, -0.25) is 24.4 Å². The minimum Gasteiger partial charge on any atom is -0.481 e. The van der Waals surface area contributed by atoms with Crippen molar-refractivity contribution in [3.8, 4) is 45.4 Å². The van der Waals surface area contributed by atoms with Crippen LogP contribution in [0.25, 0.3) is 33.6 Å². The van der Waals surface area contributed by atoms with Gasteiger partial charge in [0.1, 0.15) is 5.69 Å². The SMILES string of the molecule is COc1nc(-c2cccc(-c3cccc(-c4cc5c(c(OC)n4)C(N4CCN(C(C)=O)CC4)CC5)c3Cl)c2C)cnc1CN1CC2(CCC(=O)N2)C1. The van der Waals surface area contributed by atoms with Crippen molar-refractivity contribution in [2.45, 2.75) is 57.7 Å². The summed E-state index contributed by atoms with van der Waals surface area (Å²) in [5.41, 5.74) is 9.29. The zero-order valence-electron chi connectivity index (χ0n) is 30.2. The average Bonchev–Trinajstić information content (AvgIpc) is 3.75. The number of aryl methyl sites for hydroxylation is 1. The molecule has 1 atom stereocenters. The van der Waals surface area contributed by atoms with E-state index in [1.54, 1.807) is 21.1 Å². The molecule has 12 heteroatoms. The second-order valence-electron chi connectivity index (χ2n) is 14.5. The van der Waals surface area contributed by atoms with E-state index in [0.717, 1.165) is 109 Å². The molecule has 1 N–H and O–H groups in total. The molecule has 52 heavy (non-hydrogen) atoms. The summed E-state index contributed by atoms with van der Waals surface area (Å²) in [6, 6.07) is 14.6. The van der Waals surface area contributed by atoms with Gasteiger partial charge in [-0.2, -0.15) is 0 Å². The number of rotatable bonds is 8. The van der Waals surface area contributed by atoms with Crippen LogP contribution in [0.4, 0.5) is 0 Å². The van der Waals surface area contributed by atoms with Crippen LogP contribution in [-0.2, 0) is 22.6 Å². The van der Waals surface area contributed by atoms with Gasteiger partial charge in [0.05, 0.1) is 42.4 Å². The maximum atomic E-state index is 11.9. The number of carbonyl (C=O) groups is 2. The summed E-state index contributed by atoms with van der Waals surface area (Å²) in [6.07, 6.45) is 5.21. The number of nitrogens with one attached hydrogen (secondary N) is 1. The Kier molecular flexibility index (Phi) is 9.13. The van der Waals surface area contributed by atoms with Gasteiger partial charge in [0, 0.05) is 87.5 Å². The highest BCUT2D eigenvalue weighted by atomic mass is 35.5. The van der Waals surface area contributed by atoms with Crippen molar-refractivity contribution in [1.82, 2.24) is 35.0 Å². The van der Waals surface area contributed by atoms with E-state index < -0.39 is 0 Å². The second kappa shape index (κ2) is 13.8. The van der Waals surface area contributed by atoms with Gasteiger partial charge in [0.15, 0.2) is 0 Å². The molecule has 3 aliphatic heterocycles. The normalized spacial score (nSPS) is 19.8. The molecule has 11 nitrogen and oxygen atoms in total. The fraction of sp³-hybridized carbons (Fsp3) is 0.425. The number of piperazine rings is 1. The van der Waals surface area contributed by atoms with E-state index in [9.17, 15) is 9.59 Å². The van der Waals surface area contributed by atoms with Gasteiger partial charge in [-0.15, -0.1) is 0 Å². The minimum absolute atomic E-state index is 0.0891.